The molecule has 0 unspecified atom stereocenters. The number of rotatable bonds is 8. The average Bonchev–Trinajstić information content (AvgIpc) is 2.59. The summed E-state index contributed by atoms with van der Waals surface area (Å²) in [5.74, 6) is -0.0134. The lowest BCUT2D eigenvalue weighted by Crippen LogP contribution is -2.25. The SMILES string of the molecule is COCCCNC(=O)c1cnc(Nc2cccc(NC(C)=O)c2)nc1. The van der Waals surface area contributed by atoms with Crippen molar-refractivity contribution in [1.82, 2.24) is 15.3 Å². The van der Waals surface area contributed by atoms with Crippen LogP contribution in [0.25, 0.3) is 0 Å². The number of amides is 2. The predicted octanol–water partition coefficient (Wildman–Crippen LogP) is 1.94. The van der Waals surface area contributed by atoms with E-state index in [4.69, 9.17) is 4.74 Å². The van der Waals surface area contributed by atoms with Gasteiger partial charge in [-0.15, -0.1) is 0 Å². The van der Waals surface area contributed by atoms with Gasteiger partial charge >= 0.3 is 0 Å². The minimum Gasteiger partial charge on any atom is -0.385 e. The van der Waals surface area contributed by atoms with Crippen molar-refractivity contribution in [2.45, 2.75) is 13.3 Å². The molecular weight excluding hydrogens is 322 g/mol. The van der Waals surface area contributed by atoms with Crippen molar-refractivity contribution in [3.05, 3.63) is 42.2 Å². The van der Waals surface area contributed by atoms with E-state index >= 15 is 0 Å². The maximum absolute atomic E-state index is 11.9. The van der Waals surface area contributed by atoms with Crippen LogP contribution in [0.15, 0.2) is 36.7 Å². The van der Waals surface area contributed by atoms with Crippen LogP contribution in [0.4, 0.5) is 17.3 Å². The number of nitrogens with one attached hydrogen (secondary N) is 3. The normalized spacial score (nSPS) is 10.2. The van der Waals surface area contributed by atoms with Gasteiger partial charge in [0.1, 0.15) is 0 Å². The number of carbonyl (C=O) groups excluding carboxylic acids is 2. The molecule has 0 aliphatic rings. The molecule has 0 saturated carbocycles. The van der Waals surface area contributed by atoms with E-state index in [0.717, 1.165) is 12.1 Å². The van der Waals surface area contributed by atoms with Crippen LogP contribution in [0.1, 0.15) is 23.7 Å². The zero-order chi connectivity index (χ0) is 18.1. The molecule has 2 amide bonds. The molecule has 0 bridgehead atoms. The first kappa shape index (κ1) is 18.3. The zero-order valence-electron chi connectivity index (χ0n) is 14.2. The Morgan fingerprint density at radius 1 is 1.16 bits per heavy atom. The number of hydrogen-bond donors (Lipinski definition) is 3. The topological polar surface area (TPSA) is 105 Å². The summed E-state index contributed by atoms with van der Waals surface area (Å²) in [5.41, 5.74) is 1.78. The molecule has 0 atom stereocenters. The minimum atomic E-state index is -0.227. The lowest BCUT2D eigenvalue weighted by molar-refractivity contribution is -0.114. The van der Waals surface area contributed by atoms with Gasteiger partial charge in [-0.25, -0.2) is 9.97 Å². The van der Waals surface area contributed by atoms with Crippen molar-refractivity contribution in [2.24, 2.45) is 0 Å². The Hall–Kier alpha value is -3.00. The third kappa shape index (κ3) is 6.19. The highest BCUT2D eigenvalue weighted by Gasteiger charge is 2.07. The Kier molecular flexibility index (Phi) is 6.85. The first-order valence-corrected chi connectivity index (χ1v) is 7.82. The van der Waals surface area contributed by atoms with Gasteiger partial charge in [-0.05, 0) is 24.6 Å². The van der Waals surface area contributed by atoms with Gasteiger partial charge in [0, 0.05) is 51.0 Å². The number of nitrogens with zero attached hydrogens (tertiary/aromatic N) is 2. The van der Waals surface area contributed by atoms with Crippen molar-refractivity contribution in [1.29, 1.82) is 0 Å². The van der Waals surface area contributed by atoms with Crippen molar-refractivity contribution in [2.75, 3.05) is 30.9 Å². The van der Waals surface area contributed by atoms with E-state index in [9.17, 15) is 9.59 Å². The molecule has 0 aliphatic carbocycles. The predicted molar refractivity (Wildman–Crippen MR) is 94.9 cm³/mol. The van der Waals surface area contributed by atoms with Crippen LogP contribution in [0.5, 0.6) is 0 Å². The third-order valence-electron chi connectivity index (χ3n) is 3.16. The summed E-state index contributed by atoms with van der Waals surface area (Å²) in [4.78, 5) is 31.3. The lowest BCUT2D eigenvalue weighted by atomic mass is 10.2. The van der Waals surface area contributed by atoms with Gasteiger partial charge in [0.05, 0.1) is 5.56 Å². The van der Waals surface area contributed by atoms with Crippen LogP contribution >= 0.6 is 0 Å². The van der Waals surface area contributed by atoms with Gasteiger partial charge in [-0.3, -0.25) is 9.59 Å². The van der Waals surface area contributed by atoms with E-state index in [2.05, 4.69) is 25.9 Å². The molecule has 0 radical (unpaired) electrons. The summed E-state index contributed by atoms with van der Waals surface area (Å²) in [7, 11) is 1.62. The summed E-state index contributed by atoms with van der Waals surface area (Å²) in [5, 5.41) is 8.49. The standard InChI is InChI=1S/C17H21N5O3/c1-12(23)21-14-5-3-6-15(9-14)22-17-19-10-13(11-20-17)16(24)18-7-4-8-25-2/h3,5-6,9-11H,4,7-8H2,1-2H3,(H,18,24)(H,21,23)(H,19,20,22). The second-order valence-electron chi connectivity index (χ2n) is 5.28. The zero-order valence-corrected chi connectivity index (χ0v) is 14.2. The second kappa shape index (κ2) is 9.33. The number of hydrogen-bond acceptors (Lipinski definition) is 6. The molecule has 25 heavy (non-hydrogen) atoms. The van der Waals surface area contributed by atoms with Crippen molar-refractivity contribution >= 4 is 29.1 Å². The van der Waals surface area contributed by atoms with Crippen LogP contribution in [0.3, 0.4) is 0 Å². The summed E-state index contributed by atoms with van der Waals surface area (Å²) in [6.07, 6.45) is 3.66. The fourth-order valence-electron chi connectivity index (χ4n) is 2.04. The van der Waals surface area contributed by atoms with Gasteiger partial charge in [0.2, 0.25) is 11.9 Å². The average molecular weight is 343 g/mol. The van der Waals surface area contributed by atoms with E-state index in [1.54, 1.807) is 25.3 Å². The minimum absolute atomic E-state index is 0.144. The lowest BCUT2D eigenvalue weighted by Gasteiger charge is -2.08. The van der Waals surface area contributed by atoms with Gasteiger partial charge in [-0.2, -0.15) is 0 Å². The fourth-order valence-corrected chi connectivity index (χ4v) is 2.04. The molecule has 132 valence electrons. The van der Waals surface area contributed by atoms with E-state index < -0.39 is 0 Å². The van der Waals surface area contributed by atoms with Gasteiger partial charge in [-0.1, -0.05) is 6.07 Å². The van der Waals surface area contributed by atoms with E-state index in [1.165, 1.54) is 19.3 Å². The van der Waals surface area contributed by atoms with Crippen LogP contribution < -0.4 is 16.0 Å². The first-order chi connectivity index (χ1) is 12.1. The number of benzene rings is 1. The van der Waals surface area contributed by atoms with Crippen molar-refractivity contribution in [3.63, 3.8) is 0 Å². The van der Waals surface area contributed by atoms with Gasteiger partial charge < -0.3 is 20.7 Å². The highest BCUT2D eigenvalue weighted by atomic mass is 16.5. The molecule has 0 fully saturated rings. The van der Waals surface area contributed by atoms with E-state index in [-0.39, 0.29) is 11.8 Å². The maximum Gasteiger partial charge on any atom is 0.254 e. The van der Waals surface area contributed by atoms with Gasteiger partial charge in [0.25, 0.3) is 5.91 Å². The Balaban J connectivity index is 1.94. The summed E-state index contributed by atoms with van der Waals surface area (Å²) in [6, 6.07) is 7.17. The number of methoxy groups -OCH3 is 1. The molecule has 1 heterocycles. The molecule has 0 spiro atoms. The molecule has 0 saturated heterocycles. The summed E-state index contributed by atoms with van der Waals surface area (Å²) >= 11 is 0. The summed E-state index contributed by atoms with van der Waals surface area (Å²) in [6.45, 7) is 2.57. The Bertz CT molecular complexity index is 718. The maximum atomic E-state index is 11.9. The molecule has 8 heteroatoms. The second-order valence-corrected chi connectivity index (χ2v) is 5.28. The van der Waals surface area contributed by atoms with Crippen molar-refractivity contribution < 1.29 is 14.3 Å². The van der Waals surface area contributed by atoms with Crippen LogP contribution in [-0.2, 0) is 9.53 Å². The third-order valence-corrected chi connectivity index (χ3v) is 3.16. The molecule has 0 aliphatic heterocycles. The Labute approximate surface area is 146 Å². The Morgan fingerprint density at radius 3 is 2.56 bits per heavy atom. The monoisotopic (exact) mass is 343 g/mol. The van der Waals surface area contributed by atoms with Crippen LogP contribution in [-0.4, -0.2) is 42.0 Å². The van der Waals surface area contributed by atoms with Crippen LogP contribution in [0, 0.1) is 0 Å². The smallest absolute Gasteiger partial charge is 0.254 e. The molecule has 3 N–H and O–H groups in total. The number of anilines is 3. The molecule has 2 aromatic rings. The number of ether oxygens (including phenoxy) is 1. The van der Waals surface area contributed by atoms with Gasteiger partial charge in [0.15, 0.2) is 0 Å². The number of aromatic nitrogens is 2. The fraction of sp³-hybridized carbons (Fsp3) is 0.294. The van der Waals surface area contributed by atoms with E-state index in [0.29, 0.717) is 30.4 Å². The highest BCUT2D eigenvalue weighted by Crippen LogP contribution is 2.17. The Morgan fingerprint density at radius 2 is 1.88 bits per heavy atom. The van der Waals surface area contributed by atoms with E-state index in [1.807, 2.05) is 6.07 Å². The van der Waals surface area contributed by atoms with Crippen LogP contribution in [0.2, 0.25) is 0 Å². The highest BCUT2D eigenvalue weighted by molar-refractivity contribution is 5.93. The first-order valence-electron chi connectivity index (χ1n) is 7.82. The molecule has 1 aromatic carbocycles. The quantitative estimate of drug-likeness (QED) is 0.633. The molecule has 1 aromatic heterocycles. The molecule has 2 rings (SSSR count). The molecule has 8 nitrogen and oxygen atoms in total. The summed E-state index contributed by atoms with van der Waals surface area (Å²) < 4.78 is 4.92. The molecular formula is C17H21N5O3. The largest absolute Gasteiger partial charge is 0.385 e. The van der Waals surface area contributed by atoms with Crippen molar-refractivity contribution in [3.8, 4) is 0 Å². The number of carbonyl (C=O) groups is 2.